The Hall–Kier alpha value is -4.00. The van der Waals surface area contributed by atoms with Gasteiger partial charge in [-0.2, -0.15) is 0 Å². The van der Waals surface area contributed by atoms with Crippen LogP contribution in [-0.4, -0.2) is 50.0 Å². The molecule has 0 aromatic heterocycles. The quantitative estimate of drug-likeness (QED) is 0.476. The molecule has 0 bridgehead atoms. The first kappa shape index (κ1) is 25.1. The fourth-order valence-corrected chi connectivity index (χ4v) is 4.97. The molecule has 0 amide bonds. The largest absolute Gasteiger partial charge is 0.478 e. The fourth-order valence-electron chi connectivity index (χ4n) is 4.97. The maximum absolute atomic E-state index is 12.4. The lowest BCUT2D eigenvalue weighted by Gasteiger charge is -2.30. The molecule has 0 unspecified atom stereocenters. The van der Waals surface area contributed by atoms with Crippen molar-refractivity contribution in [3.05, 3.63) is 76.5 Å². The lowest BCUT2D eigenvalue weighted by molar-refractivity contribution is -0.132. The van der Waals surface area contributed by atoms with E-state index < -0.39 is 5.97 Å². The van der Waals surface area contributed by atoms with Gasteiger partial charge in [-0.15, -0.1) is 0 Å². The van der Waals surface area contributed by atoms with E-state index in [0.717, 1.165) is 54.3 Å². The second-order valence-electron chi connectivity index (χ2n) is 8.63. The summed E-state index contributed by atoms with van der Waals surface area (Å²) < 4.78 is 6.49. The van der Waals surface area contributed by atoms with E-state index in [9.17, 15) is 9.90 Å². The lowest BCUT2D eigenvalue weighted by atomic mass is 9.83. The number of aliphatic imine (C=N–C) groups is 1. The molecular formula is C29H34N4O3. The minimum absolute atomic E-state index is 0.0486. The Kier molecular flexibility index (Phi) is 7.20. The number of ether oxygens (including phenoxy) is 1. The van der Waals surface area contributed by atoms with Crippen LogP contribution in [0.2, 0.25) is 0 Å². The monoisotopic (exact) mass is 486 g/mol. The zero-order valence-electron chi connectivity index (χ0n) is 21.6. The predicted molar refractivity (Wildman–Crippen MR) is 147 cm³/mol. The van der Waals surface area contributed by atoms with Crippen LogP contribution in [0.1, 0.15) is 38.8 Å². The van der Waals surface area contributed by atoms with Crippen LogP contribution < -0.4 is 20.3 Å². The van der Waals surface area contributed by atoms with Crippen molar-refractivity contribution < 1.29 is 14.6 Å². The highest BCUT2D eigenvalue weighted by Crippen LogP contribution is 2.49. The van der Waals surface area contributed by atoms with E-state index in [1.807, 2.05) is 24.3 Å². The average molecular weight is 487 g/mol. The molecule has 1 aliphatic carbocycles. The third kappa shape index (κ3) is 4.26. The molecule has 2 aromatic rings. The summed E-state index contributed by atoms with van der Waals surface area (Å²) in [4.78, 5) is 21.1. The number of hydrogen-bond acceptors (Lipinski definition) is 6. The van der Waals surface area contributed by atoms with Crippen molar-refractivity contribution in [2.75, 3.05) is 43.0 Å². The number of carboxylic acids is 1. The molecule has 7 heteroatoms. The topological polar surface area (TPSA) is 91.4 Å². The number of allylic oxidation sites excluding steroid dienone is 2. The minimum Gasteiger partial charge on any atom is -0.478 e. The van der Waals surface area contributed by atoms with E-state index >= 15 is 0 Å². The van der Waals surface area contributed by atoms with Crippen LogP contribution >= 0.6 is 0 Å². The molecule has 188 valence electrons. The van der Waals surface area contributed by atoms with E-state index in [2.05, 4.69) is 54.6 Å². The van der Waals surface area contributed by atoms with E-state index in [0.29, 0.717) is 22.8 Å². The zero-order valence-corrected chi connectivity index (χ0v) is 21.6. The molecule has 1 aliphatic heterocycles. The van der Waals surface area contributed by atoms with Crippen LogP contribution in [-0.2, 0) is 4.79 Å². The van der Waals surface area contributed by atoms with Crippen LogP contribution in [0.15, 0.2) is 70.4 Å². The number of nitrogens with zero attached hydrogens (tertiary/aromatic N) is 3. The van der Waals surface area contributed by atoms with Crippen LogP contribution in [0.3, 0.4) is 0 Å². The number of carbonyl (C=O) groups is 1. The van der Waals surface area contributed by atoms with Gasteiger partial charge in [-0.25, -0.2) is 4.79 Å². The summed E-state index contributed by atoms with van der Waals surface area (Å²) in [7, 11) is 1.60. The van der Waals surface area contributed by atoms with Crippen molar-refractivity contribution in [1.29, 1.82) is 0 Å². The van der Waals surface area contributed by atoms with Crippen molar-refractivity contribution >= 4 is 28.6 Å². The Bertz CT molecular complexity index is 1250. The van der Waals surface area contributed by atoms with Gasteiger partial charge >= 0.3 is 5.97 Å². The first-order valence-electron chi connectivity index (χ1n) is 12.5. The fraction of sp³-hybridized carbons (Fsp3) is 0.310. The minimum atomic E-state index is -1.09. The molecule has 0 fully saturated rings. The van der Waals surface area contributed by atoms with Gasteiger partial charge in [0.2, 0.25) is 0 Å². The summed E-state index contributed by atoms with van der Waals surface area (Å²) in [5, 5.41) is 10.2. The number of rotatable bonds is 7. The summed E-state index contributed by atoms with van der Waals surface area (Å²) >= 11 is 0. The third-order valence-electron chi connectivity index (χ3n) is 6.89. The van der Waals surface area contributed by atoms with Crippen molar-refractivity contribution in [3.8, 4) is 11.5 Å². The van der Waals surface area contributed by atoms with Gasteiger partial charge in [0.25, 0.3) is 0 Å². The highest BCUT2D eigenvalue weighted by atomic mass is 16.5. The summed E-state index contributed by atoms with van der Waals surface area (Å²) in [5.74, 6) is 0.296. The molecule has 0 radical (unpaired) electrons. The number of hydrogen-bond donors (Lipinski definition) is 2. The van der Waals surface area contributed by atoms with Gasteiger partial charge in [-0.05, 0) is 63.6 Å². The van der Waals surface area contributed by atoms with Gasteiger partial charge in [0.15, 0.2) is 0 Å². The van der Waals surface area contributed by atoms with Crippen LogP contribution in [0, 0.1) is 0 Å². The maximum atomic E-state index is 12.4. The average Bonchev–Trinajstić information content (AvgIpc) is 2.88. The van der Waals surface area contributed by atoms with Gasteiger partial charge in [0.1, 0.15) is 11.5 Å². The predicted octanol–water partition coefficient (Wildman–Crippen LogP) is 5.22. The molecular weight excluding hydrogens is 452 g/mol. The highest BCUT2D eigenvalue weighted by molar-refractivity contribution is 6.17. The van der Waals surface area contributed by atoms with Crippen molar-refractivity contribution in [2.24, 2.45) is 10.7 Å². The zero-order chi connectivity index (χ0) is 26.0. The first-order chi connectivity index (χ1) is 17.4. The van der Waals surface area contributed by atoms with Crippen molar-refractivity contribution in [1.82, 2.24) is 0 Å². The van der Waals surface area contributed by atoms with E-state index in [1.165, 1.54) is 0 Å². The molecule has 2 aliphatic rings. The Morgan fingerprint density at radius 3 is 1.81 bits per heavy atom. The Morgan fingerprint density at radius 1 is 0.889 bits per heavy atom. The summed E-state index contributed by atoms with van der Waals surface area (Å²) in [6, 6.07) is 12.2. The number of aliphatic carboxylic acids is 1. The lowest BCUT2D eigenvalue weighted by Crippen LogP contribution is -2.23. The van der Waals surface area contributed by atoms with Gasteiger partial charge in [0.05, 0.1) is 17.0 Å². The standard InChI is InChI=1S/C29H34N4O3/c1-6-32(7-2)18-10-12-20-24(16-18)36-25-17-19(33(8-3)9-4)11-13-21(25)26(20)22-14-15-23(31-5)28(30)27(22)29(34)35/h10-17H,6-9,30H2,1-5H3,(H,34,35). The smallest absolute Gasteiger partial charge is 0.338 e. The second kappa shape index (κ2) is 10.3. The normalized spacial score (nSPS) is 15.5. The number of anilines is 2. The first-order valence-corrected chi connectivity index (χ1v) is 12.5. The number of carboxylic acid groups (broad SMARTS) is 1. The molecule has 1 heterocycles. The third-order valence-corrected chi connectivity index (χ3v) is 6.89. The molecule has 4 rings (SSSR count). The van der Waals surface area contributed by atoms with Gasteiger partial charge in [-0.1, -0.05) is 6.08 Å². The molecule has 0 atom stereocenters. The molecule has 2 aromatic carbocycles. The Balaban J connectivity index is 2.03. The van der Waals surface area contributed by atoms with Crippen LogP contribution in [0.25, 0.3) is 5.57 Å². The van der Waals surface area contributed by atoms with E-state index in [4.69, 9.17) is 10.5 Å². The Labute approximate surface area is 212 Å². The van der Waals surface area contributed by atoms with Gasteiger partial charge < -0.3 is 25.4 Å². The van der Waals surface area contributed by atoms with Gasteiger partial charge in [-0.3, -0.25) is 4.99 Å². The molecule has 0 saturated carbocycles. The number of benzene rings is 2. The maximum Gasteiger partial charge on any atom is 0.338 e. The summed E-state index contributed by atoms with van der Waals surface area (Å²) in [5.41, 5.74) is 12.1. The molecule has 36 heavy (non-hydrogen) atoms. The van der Waals surface area contributed by atoms with Crippen LogP contribution in [0.5, 0.6) is 11.5 Å². The molecule has 0 saturated heterocycles. The molecule has 7 nitrogen and oxygen atoms in total. The number of fused-ring (bicyclic) bond motifs is 2. The van der Waals surface area contributed by atoms with E-state index in [-0.39, 0.29) is 11.3 Å². The molecule has 3 N–H and O–H groups in total. The summed E-state index contributed by atoms with van der Waals surface area (Å²) in [6.07, 6.45) is 3.57. The number of nitrogens with two attached hydrogens (primary N) is 1. The summed E-state index contributed by atoms with van der Waals surface area (Å²) in [6.45, 7) is 12.0. The van der Waals surface area contributed by atoms with Crippen molar-refractivity contribution in [2.45, 2.75) is 27.7 Å². The van der Waals surface area contributed by atoms with Gasteiger partial charge in [0, 0.05) is 73.4 Å². The highest BCUT2D eigenvalue weighted by Gasteiger charge is 2.31. The Morgan fingerprint density at radius 2 is 1.39 bits per heavy atom. The molecule has 0 spiro atoms. The van der Waals surface area contributed by atoms with Crippen LogP contribution in [0.4, 0.5) is 11.4 Å². The SMILES string of the molecule is CCN(CC)c1ccc2c(c1)Oc1cc(N(CC)CC)ccc1C2=C1C=CC(=NC)C(N)=C1C(=O)O. The van der Waals surface area contributed by atoms with E-state index in [1.54, 1.807) is 19.2 Å². The van der Waals surface area contributed by atoms with Crippen molar-refractivity contribution in [3.63, 3.8) is 0 Å². The second-order valence-corrected chi connectivity index (χ2v) is 8.63.